The highest BCUT2D eigenvalue weighted by Crippen LogP contribution is 2.22. The maximum atomic E-state index is 12.5. The zero-order chi connectivity index (χ0) is 18.9. The molecule has 0 fully saturated rings. The van der Waals surface area contributed by atoms with E-state index in [1.54, 1.807) is 54.6 Å². The van der Waals surface area contributed by atoms with Crippen molar-refractivity contribution in [3.8, 4) is 5.75 Å². The van der Waals surface area contributed by atoms with Crippen molar-refractivity contribution in [3.05, 3.63) is 66.7 Å². The number of benzene rings is 2. The molecule has 26 heavy (non-hydrogen) atoms. The number of anilines is 2. The quantitative estimate of drug-likeness (QED) is 0.658. The number of rotatable bonds is 7. The molecule has 0 saturated heterocycles. The number of urea groups is 1. The maximum absolute atomic E-state index is 12.5. The van der Waals surface area contributed by atoms with E-state index in [1.165, 1.54) is 0 Å². The molecule has 0 aliphatic rings. The summed E-state index contributed by atoms with van der Waals surface area (Å²) in [6, 6.07) is 13.5. The van der Waals surface area contributed by atoms with Gasteiger partial charge in [-0.2, -0.15) is 0 Å². The van der Waals surface area contributed by atoms with E-state index >= 15 is 0 Å². The Labute approximate surface area is 153 Å². The highest BCUT2D eigenvalue weighted by molar-refractivity contribution is 6.07. The van der Waals surface area contributed by atoms with Crippen LogP contribution in [0, 0.1) is 0 Å². The number of hydrogen-bond acceptors (Lipinski definition) is 3. The number of carbonyl (C=O) groups excluding carboxylic acids is 2. The standard InChI is InChI=1S/C20H23N3O3/c1-4-13-26-16-11-9-15(10-12-16)19(24)22-17-7-5-6-8-18(17)23-20(25)21-14(2)3/h4-12,14H,1,13H2,2-3H3,(H,22,24)(H2,21,23,25). The Balaban J connectivity index is 2.06. The lowest BCUT2D eigenvalue weighted by atomic mass is 10.2. The van der Waals surface area contributed by atoms with Gasteiger partial charge in [0, 0.05) is 11.6 Å². The zero-order valence-electron chi connectivity index (χ0n) is 14.9. The molecule has 2 aromatic carbocycles. The third-order valence-corrected chi connectivity index (χ3v) is 3.33. The Kier molecular flexibility index (Phi) is 6.79. The molecule has 0 unspecified atom stereocenters. The monoisotopic (exact) mass is 353 g/mol. The van der Waals surface area contributed by atoms with Crippen LogP contribution < -0.4 is 20.7 Å². The molecule has 2 rings (SSSR count). The van der Waals surface area contributed by atoms with Gasteiger partial charge in [-0.15, -0.1) is 0 Å². The average molecular weight is 353 g/mol. The predicted octanol–water partition coefficient (Wildman–Crippen LogP) is 4.03. The van der Waals surface area contributed by atoms with Crippen molar-refractivity contribution in [3.63, 3.8) is 0 Å². The fraction of sp³-hybridized carbons (Fsp3) is 0.200. The topological polar surface area (TPSA) is 79.5 Å². The third kappa shape index (κ3) is 5.66. The van der Waals surface area contributed by atoms with E-state index in [1.807, 2.05) is 13.8 Å². The molecule has 0 heterocycles. The second-order valence-electron chi connectivity index (χ2n) is 5.88. The summed E-state index contributed by atoms with van der Waals surface area (Å²) in [5.74, 6) is 0.382. The molecule has 3 N–H and O–H groups in total. The van der Waals surface area contributed by atoms with Gasteiger partial charge in [0.25, 0.3) is 5.91 Å². The number of hydrogen-bond donors (Lipinski definition) is 3. The summed E-state index contributed by atoms with van der Waals surface area (Å²) in [4.78, 5) is 24.4. The summed E-state index contributed by atoms with van der Waals surface area (Å²) < 4.78 is 5.40. The Morgan fingerprint density at radius 1 is 1.04 bits per heavy atom. The molecule has 2 aromatic rings. The van der Waals surface area contributed by atoms with E-state index in [0.717, 1.165) is 0 Å². The zero-order valence-corrected chi connectivity index (χ0v) is 14.9. The first-order valence-corrected chi connectivity index (χ1v) is 8.31. The van der Waals surface area contributed by atoms with Gasteiger partial charge in [-0.25, -0.2) is 4.79 Å². The summed E-state index contributed by atoms with van der Waals surface area (Å²) in [6.45, 7) is 7.74. The molecule has 0 spiro atoms. The molecule has 0 aliphatic carbocycles. The summed E-state index contributed by atoms with van der Waals surface area (Å²) >= 11 is 0. The van der Waals surface area contributed by atoms with E-state index in [0.29, 0.717) is 29.3 Å². The van der Waals surface area contributed by atoms with E-state index in [-0.39, 0.29) is 18.0 Å². The number of amides is 3. The number of ether oxygens (including phenoxy) is 1. The molecule has 3 amide bonds. The van der Waals surface area contributed by atoms with Crippen molar-refractivity contribution in [2.24, 2.45) is 0 Å². The smallest absolute Gasteiger partial charge is 0.319 e. The van der Waals surface area contributed by atoms with Crippen LogP contribution in [0.3, 0.4) is 0 Å². The van der Waals surface area contributed by atoms with Crippen molar-refractivity contribution in [2.75, 3.05) is 17.2 Å². The minimum Gasteiger partial charge on any atom is -0.490 e. The van der Waals surface area contributed by atoms with Crippen molar-refractivity contribution < 1.29 is 14.3 Å². The van der Waals surface area contributed by atoms with E-state index < -0.39 is 0 Å². The SMILES string of the molecule is C=CCOc1ccc(C(=O)Nc2ccccc2NC(=O)NC(C)C)cc1. The molecular formula is C20H23N3O3. The molecule has 0 aliphatic heterocycles. The number of para-hydroxylation sites is 2. The van der Waals surface area contributed by atoms with Gasteiger partial charge in [0.05, 0.1) is 11.4 Å². The van der Waals surface area contributed by atoms with Crippen molar-refractivity contribution in [2.45, 2.75) is 19.9 Å². The molecule has 6 nitrogen and oxygen atoms in total. The van der Waals surface area contributed by atoms with Gasteiger partial charge in [0.2, 0.25) is 0 Å². The van der Waals surface area contributed by atoms with Crippen molar-refractivity contribution in [1.29, 1.82) is 0 Å². The van der Waals surface area contributed by atoms with Crippen LogP contribution in [0.2, 0.25) is 0 Å². The molecule has 6 heteroatoms. The van der Waals surface area contributed by atoms with Crippen LogP contribution in [0.4, 0.5) is 16.2 Å². The summed E-state index contributed by atoms with van der Waals surface area (Å²) in [6.07, 6.45) is 1.65. The van der Waals surface area contributed by atoms with Gasteiger partial charge in [0.15, 0.2) is 0 Å². The lowest BCUT2D eigenvalue weighted by molar-refractivity contribution is 0.102. The predicted molar refractivity (Wildman–Crippen MR) is 104 cm³/mol. The number of nitrogens with one attached hydrogen (secondary N) is 3. The summed E-state index contributed by atoms with van der Waals surface area (Å²) in [5, 5.41) is 8.29. The van der Waals surface area contributed by atoms with Crippen LogP contribution in [0.5, 0.6) is 5.75 Å². The molecule has 0 atom stereocenters. The van der Waals surface area contributed by atoms with Crippen LogP contribution in [-0.2, 0) is 0 Å². The fourth-order valence-electron chi connectivity index (χ4n) is 2.17. The largest absolute Gasteiger partial charge is 0.490 e. The van der Waals surface area contributed by atoms with Gasteiger partial charge in [-0.1, -0.05) is 24.8 Å². The maximum Gasteiger partial charge on any atom is 0.319 e. The highest BCUT2D eigenvalue weighted by atomic mass is 16.5. The molecule has 0 aromatic heterocycles. The molecule has 0 radical (unpaired) electrons. The van der Waals surface area contributed by atoms with Crippen LogP contribution >= 0.6 is 0 Å². The lowest BCUT2D eigenvalue weighted by Crippen LogP contribution is -2.34. The summed E-state index contributed by atoms with van der Waals surface area (Å²) in [7, 11) is 0. The minimum absolute atomic E-state index is 0.0126. The first-order chi connectivity index (χ1) is 12.5. The van der Waals surface area contributed by atoms with E-state index in [2.05, 4.69) is 22.5 Å². The van der Waals surface area contributed by atoms with Crippen molar-refractivity contribution in [1.82, 2.24) is 5.32 Å². The van der Waals surface area contributed by atoms with Crippen LogP contribution in [0.15, 0.2) is 61.2 Å². The fourth-order valence-corrected chi connectivity index (χ4v) is 2.17. The van der Waals surface area contributed by atoms with Gasteiger partial charge in [0.1, 0.15) is 12.4 Å². The second-order valence-corrected chi connectivity index (χ2v) is 5.88. The second kappa shape index (κ2) is 9.27. The van der Waals surface area contributed by atoms with Gasteiger partial charge >= 0.3 is 6.03 Å². The first kappa shape index (κ1) is 19.1. The molecular weight excluding hydrogens is 330 g/mol. The average Bonchev–Trinajstić information content (AvgIpc) is 2.61. The third-order valence-electron chi connectivity index (χ3n) is 3.33. The Morgan fingerprint density at radius 3 is 2.23 bits per heavy atom. The Bertz CT molecular complexity index is 770. The molecule has 0 bridgehead atoms. The van der Waals surface area contributed by atoms with Crippen LogP contribution in [0.1, 0.15) is 24.2 Å². The van der Waals surface area contributed by atoms with Gasteiger partial charge in [-0.3, -0.25) is 4.79 Å². The Hall–Kier alpha value is -3.28. The lowest BCUT2D eigenvalue weighted by Gasteiger charge is -2.14. The first-order valence-electron chi connectivity index (χ1n) is 8.31. The van der Waals surface area contributed by atoms with E-state index in [9.17, 15) is 9.59 Å². The number of carbonyl (C=O) groups is 2. The van der Waals surface area contributed by atoms with Gasteiger partial charge < -0.3 is 20.7 Å². The minimum atomic E-state index is -0.328. The molecule has 0 saturated carbocycles. The van der Waals surface area contributed by atoms with Crippen molar-refractivity contribution >= 4 is 23.3 Å². The highest BCUT2D eigenvalue weighted by Gasteiger charge is 2.11. The Morgan fingerprint density at radius 2 is 1.65 bits per heavy atom. The van der Waals surface area contributed by atoms with Gasteiger partial charge in [-0.05, 0) is 50.2 Å². The van der Waals surface area contributed by atoms with E-state index in [4.69, 9.17) is 4.74 Å². The molecule has 136 valence electrons. The summed E-state index contributed by atoms with van der Waals surface area (Å²) in [5.41, 5.74) is 1.52. The van der Waals surface area contributed by atoms with Crippen LogP contribution in [0.25, 0.3) is 0 Å². The normalized spacial score (nSPS) is 10.1. The van der Waals surface area contributed by atoms with Crippen LogP contribution in [-0.4, -0.2) is 24.6 Å².